The molecule has 3 N–H and O–H groups in total. The molecule has 0 heterocycles. The third-order valence-corrected chi connectivity index (χ3v) is 3.24. The summed E-state index contributed by atoms with van der Waals surface area (Å²) in [4.78, 5) is 11.5. The molecule has 4 heteroatoms. The molecule has 92 valence electrons. The van der Waals surface area contributed by atoms with Crippen molar-refractivity contribution < 1.29 is 9.90 Å². The summed E-state index contributed by atoms with van der Waals surface area (Å²) in [5.74, 6) is -0.649. The van der Waals surface area contributed by atoms with Gasteiger partial charge in [0.1, 0.15) is 6.04 Å². The Balaban J connectivity index is 2.75. The number of nitrogens with two attached hydrogens (primary N) is 1. The Labute approximate surface area is 107 Å². The molecule has 0 aliphatic heterocycles. The molecule has 0 spiro atoms. The molecule has 0 unspecified atom stereocenters. The molecule has 0 radical (unpaired) electrons. The van der Waals surface area contributed by atoms with Crippen LogP contribution in [0.3, 0.4) is 0 Å². The quantitative estimate of drug-likeness (QED) is 0.621. The van der Waals surface area contributed by atoms with Crippen LogP contribution in [-0.4, -0.2) is 22.0 Å². The van der Waals surface area contributed by atoms with Gasteiger partial charge >= 0.3 is 5.97 Å². The SMILES string of the molecule is CC(C)C(=S)c1ccc(C[C@H](N)C(=O)O)cc1. The standard InChI is InChI=1S/C13H17NO2S/c1-8(2)12(17)10-5-3-9(4-6-10)7-11(14)13(15)16/h3-6,8,11H,7,14H2,1-2H3,(H,15,16)/t11-/m0/s1. The zero-order chi connectivity index (χ0) is 13.0. The first-order valence-corrected chi connectivity index (χ1v) is 5.94. The van der Waals surface area contributed by atoms with Crippen LogP contribution in [0.4, 0.5) is 0 Å². The predicted octanol–water partition coefficient (Wildman–Crippen LogP) is 2.02. The highest BCUT2D eigenvalue weighted by molar-refractivity contribution is 7.80. The minimum absolute atomic E-state index is 0.331. The number of carboxylic acid groups (broad SMARTS) is 1. The topological polar surface area (TPSA) is 63.3 Å². The van der Waals surface area contributed by atoms with Crippen LogP contribution in [0, 0.1) is 5.92 Å². The van der Waals surface area contributed by atoms with Crippen molar-refractivity contribution in [3.63, 3.8) is 0 Å². The smallest absolute Gasteiger partial charge is 0.320 e. The first-order chi connectivity index (χ1) is 7.91. The van der Waals surface area contributed by atoms with Crippen molar-refractivity contribution in [1.29, 1.82) is 0 Å². The van der Waals surface area contributed by atoms with Gasteiger partial charge in [-0.15, -0.1) is 0 Å². The lowest BCUT2D eigenvalue weighted by atomic mass is 9.99. The van der Waals surface area contributed by atoms with E-state index in [1.165, 1.54) is 0 Å². The highest BCUT2D eigenvalue weighted by Gasteiger charge is 2.12. The Hall–Kier alpha value is -1.26. The second-order valence-corrected chi connectivity index (χ2v) is 4.80. The van der Waals surface area contributed by atoms with Gasteiger partial charge in [0.05, 0.1) is 0 Å². The Bertz CT molecular complexity index is 412. The number of benzene rings is 1. The van der Waals surface area contributed by atoms with E-state index in [2.05, 4.69) is 13.8 Å². The van der Waals surface area contributed by atoms with Crippen molar-refractivity contribution in [2.24, 2.45) is 11.7 Å². The molecule has 0 saturated heterocycles. The summed E-state index contributed by atoms with van der Waals surface area (Å²) in [7, 11) is 0. The van der Waals surface area contributed by atoms with Crippen LogP contribution in [-0.2, 0) is 11.2 Å². The summed E-state index contributed by atoms with van der Waals surface area (Å²) in [5, 5.41) is 8.71. The van der Waals surface area contributed by atoms with Gasteiger partial charge in [0, 0.05) is 4.86 Å². The molecule has 1 aromatic rings. The maximum Gasteiger partial charge on any atom is 0.320 e. The lowest BCUT2D eigenvalue weighted by Crippen LogP contribution is -2.32. The van der Waals surface area contributed by atoms with Crippen molar-refractivity contribution >= 4 is 23.1 Å². The van der Waals surface area contributed by atoms with Gasteiger partial charge in [-0.2, -0.15) is 0 Å². The van der Waals surface area contributed by atoms with Crippen molar-refractivity contribution in [3.05, 3.63) is 35.4 Å². The normalized spacial score (nSPS) is 12.5. The second-order valence-electron chi connectivity index (χ2n) is 4.36. The molecule has 0 fully saturated rings. The average molecular weight is 251 g/mol. The summed E-state index contributed by atoms with van der Waals surface area (Å²) in [6, 6.07) is 6.76. The molecule has 1 aromatic carbocycles. The molecule has 1 atom stereocenters. The number of carbonyl (C=O) groups is 1. The highest BCUT2D eigenvalue weighted by atomic mass is 32.1. The largest absolute Gasteiger partial charge is 0.480 e. The van der Waals surface area contributed by atoms with E-state index in [1.54, 1.807) is 0 Å². The Morgan fingerprint density at radius 1 is 1.35 bits per heavy atom. The number of aliphatic carboxylic acids is 1. The molecule has 0 saturated carbocycles. The molecule has 0 amide bonds. The van der Waals surface area contributed by atoms with E-state index in [-0.39, 0.29) is 0 Å². The Kier molecular flexibility index (Phi) is 4.78. The zero-order valence-corrected chi connectivity index (χ0v) is 10.8. The van der Waals surface area contributed by atoms with Gasteiger partial charge in [-0.3, -0.25) is 4.79 Å². The van der Waals surface area contributed by atoms with Crippen molar-refractivity contribution in [2.45, 2.75) is 26.3 Å². The molecular formula is C13H17NO2S. The van der Waals surface area contributed by atoms with Crippen LogP contribution in [0.25, 0.3) is 0 Å². The lowest BCUT2D eigenvalue weighted by Gasteiger charge is -2.10. The first kappa shape index (κ1) is 13.8. The van der Waals surface area contributed by atoms with Crippen LogP contribution >= 0.6 is 12.2 Å². The van der Waals surface area contributed by atoms with Crippen LogP contribution in [0.15, 0.2) is 24.3 Å². The van der Waals surface area contributed by atoms with E-state index in [9.17, 15) is 4.79 Å². The fraction of sp³-hybridized carbons (Fsp3) is 0.385. The average Bonchev–Trinajstić information content (AvgIpc) is 2.28. The van der Waals surface area contributed by atoms with E-state index < -0.39 is 12.0 Å². The minimum atomic E-state index is -0.980. The summed E-state index contributed by atoms with van der Waals surface area (Å²) in [6.07, 6.45) is 0.337. The van der Waals surface area contributed by atoms with Crippen LogP contribution in [0.5, 0.6) is 0 Å². The monoisotopic (exact) mass is 251 g/mol. The number of rotatable bonds is 5. The van der Waals surface area contributed by atoms with Gasteiger partial charge in [-0.1, -0.05) is 50.3 Å². The fourth-order valence-electron chi connectivity index (χ4n) is 1.48. The van der Waals surface area contributed by atoms with Crippen molar-refractivity contribution in [3.8, 4) is 0 Å². The van der Waals surface area contributed by atoms with Gasteiger partial charge in [-0.05, 0) is 23.5 Å². The number of hydrogen-bond donors (Lipinski definition) is 2. The summed E-state index contributed by atoms with van der Waals surface area (Å²) < 4.78 is 0. The maximum absolute atomic E-state index is 10.6. The summed E-state index contributed by atoms with van der Waals surface area (Å²) in [6.45, 7) is 4.10. The van der Waals surface area contributed by atoms with Gasteiger partial charge in [0.15, 0.2) is 0 Å². The number of hydrogen-bond acceptors (Lipinski definition) is 3. The molecule has 0 bridgehead atoms. The maximum atomic E-state index is 10.6. The molecule has 0 aliphatic carbocycles. The molecule has 17 heavy (non-hydrogen) atoms. The highest BCUT2D eigenvalue weighted by Crippen LogP contribution is 2.12. The Morgan fingerprint density at radius 3 is 2.29 bits per heavy atom. The number of carboxylic acids is 1. The fourth-order valence-corrected chi connectivity index (χ4v) is 1.62. The lowest BCUT2D eigenvalue weighted by molar-refractivity contribution is -0.138. The number of thiocarbonyl (C=S) groups is 1. The molecular weight excluding hydrogens is 234 g/mol. The van der Waals surface area contributed by atoms with Gasteiger partial charge in [-0.25, -0.2) is 0 Å². The zero-order valence-electron chi connectivity index (χ0n) is 10.0. The van der Waals surface area contributed by atoms with Crippen molar-refractivity contribution in [2.75, 3.05) is 0 Å². The van der Waals surface area contributed by atoms with Gasteiger partial charge < -0.3 is 10.8 Å². The Morgan fingerprint density at radius 2 is 1.88 bits per heavy atom. The van der Waals surface area contributed by atoms with E-state index in [0.717, 1.165) is 16.0 Å². The van der Waals surface area contributed by atoms with Crippen LogP contribution < -0.4 is 5.73 Å². The summed E-state index contributed by atoms with van der Waals surface area (Å²) >= 11 is 5.30. The van der Waals surface area contributed by atoms with Gasteiger partial charge in [0.25, 0.3) is 0 Å². The van der Waals surface area contributed by atoms with Crippen molar-refractivity contribution in [1.82, 2.24) is 0 Å². The first-order valence-electron chi connectivity index (χ1n) is 5.53. The van der Waals surface area contributed by atoms with E-state index in [1.807, 2.05) is 24.3 Å². The molecule has 1 rings (SSSR count). The third kappa shape index (κ3) is 3.91. The molecule has 0 aliphatic rings. The van der Waals surface area contributed by atoms with Crippen LogP contribution in [0.1, 0.15) is 25.0 Å². The van der Waals surface area contributed by atoms with E-state index >= 15 is 0 Å². The summed E-state index contributed by atoms with van der Waals surface area (Å²) in [5.41, 5.74) is 7.40. The van der Waals surface area contributed by atoms with Gasteiger partial charge in [0.2, 0.25) is 0 Å². The predicted molar refractivity (Wildman–Crippen MR) is 72.3 cm³/mol. The second kappa shape index (κ2) is 5.89. The minimum Gasteiger partial charge on any atom is -0.480 e. The third-order valence-electron chi connectivity index (χ3n) is 2.54. The van der Waals surface area contributed by atoms with E-state index in [0.29, 0.717) is 12.3 Å². The molecule has 0 aromatic heterocycles. The molecule has 3 nitrogen and oxygen atoms in total. The van der Waals surface area contributed by atoms with Crippen LogP contribution in [0.2, 0.25) is 0 Å². The van der Waals surface area contributed by atoms with E-state index in [4.69, 9.17) is 23.1 Å².